The molecule has 20 heavy (non-hydrogen) atoms. The molecule has 0 saturated carbocycles. The largest absolute Gasteiger partial charge is 0.310 e. The van der Waals surface area contributed by atoms with Gasteiger partial charge in [-0.2, -0.15) is 0 Å². The second-order valence-corrected chi connectivity index (χ2v) is 6.79. The smallest absolute Gasteiger partial charge is 0.0332 e. The fourth-order valence-electron chi connectivity index (χ4n) is 3.02. The summed E-state index contributed by atoms with van der Waals surface area (Å²) in [6.45, 7) is 8.17. The first-order chi connectivity index (χ1) is 9.70. The molecule has 0 aliphatic carbocycles. The summed E-state index contributed by atoms with van der Waals surface area (Å²) < 4.78 is 1.16. The minimum absolute atomic E-state index is 0.482. The SMILES string of the molecule is CCCNC(CCN1CCCC1C)c1ccc(Br)cc1. The molecule has 3 heteroatoms. The highest BCUT2D eigenvalue weighted by Crippen LogP contribution is 2.23. The molecular weight excluding hydrogens is 312 g/mol. The molecule has 1 saturated heterocycles. The summed E-state index contributed by atoms with van der Waals surface area (Å²) >= 11 is 3.52. The van der Waals surface area contributed by atoms with Crippen LogP contribution in [0.3, 0.4) is 0 Å². The topological polar surface area (TPSA) is 15.3 Å². The third-order valence-electron chi connectivity index (χ3n) is 4.31. The van der Waals surface area contributed by atoms with Gasteiger partial charge < -0.3 is 10.2 Å². The van der Waals surface area contributed by atoms with E-state index in [4.69, 9.17) is 0 Å². The van der Waals surface area contributed by atoms with Crippen molar-refractivity contribution in [2.45, 2.75) is 51.6 Å². The molecule has 0 aromatic heterocycles. The van der Waals surface area contributed by atoms with Crippen molar-refractivity contribution in [2.24, 2.45) is 0 Å². The Morgan fingerprint density at radius 1 is 1.35 bits per heavy atom. The molecule has 2 atom stereocenters. The third-order valence-corrected chi connectivity index (χ3v) is 4.84. The Hall–Kier alpha value is -0.380. The van der Waals surface area contributed by atoms with Crippen LogP contribution < -0.4 is 5.32 Å². The summed E-state index contributed by atoms with van der Waals surface area (Å²) in [5.74, 6) is 0. The summed E-state index contributed by atoms with van der Waals surface area (Å²) in [5, 5.41) is 3.70. The first kappa shape index (κ1) is 16.0. The highest BCUT2D eigenvalue weighted by atomic mass is 79.9. The second kappa shape index (κ2) is 8.16. The average molecular weight is 339 g/mol. The van der Waals surface area contributed by atoms with Gasteiger partial charge in [-0.05, 0) is 63.4 Å². The molecule has 1 aliphatic rings. The quantitative estimate of drug-likeness (QED) is 0.794. The van der Waals surface area contributed by atoms with Crippen LogP contribution in [0.2, 0.25) is 0 Å². The molecule has 2 unspecified atom stereocenters. The van der Waals surface area contributed by atoms with Crippen LogP contribution in [0.5, 0.6) is 0 Å². The van der Waals surface area contributed by atoms with Crippen molar-refractivity contribution in [2.75, 3.05) is 19.6 Å². The number of nitrogens with zero attached hydrogens (tertiary/aromatic N) is 1. The molecule has 1 aromatic carbocycles. The van der Waals surface area contributed by atoms with Gasteiger partial charge in [-0.3, -0.25) is 0 Å². The number of hydrogen-bond acceptors (Lipinski definition) is 2. The van der Waals surface area contributed by atoms with Crippen LogP contribution in [-0.4, -0.2) is 30.6 Å². The Morgan fingerprint density at radius 3 is 2.70 bits per heavy atom. The summed E-state index contributed by atoms with van der Waals surface area (Å²) in [7, 11) is 0. The highest BCUT2D eigenvalue weighted by molar-refractivity contribution is 9.10. The maximum Gasteiger partial charge on any atom is 0.0332 e. The molecule has 112 valence electrons. The molecular formula is C17H27BrN2. The minimum atomic E-state index is 0.482. The minimum Gasteiger partial charge on any atom is -0.310 e. The maximum absolute atomic E-state index is 3.70. The second-order valence-electron chi connectivity index (χ2n) is 5.87. The number of rotatable bonds is 7. The van der Waals surface area contributed by atoms with Gasteiger partial charge in [0.1, 0.15) is 0 Å². The number of halogens is 1. The Balaban J connectivity index is 1.94. The van der Waals surface area contributed by atoms with Crippen LogP contribution in [-0.2, 0) is 0 Å². The van der Waals surface area contributed by atoms with Crippen LogP contribution in [0.1, 0.15) is 51.1 Å². The normalized spacial score (nSPS) is 21.2. The Labute approximate surface area is 132 Å². The molecule has 1 fully saturated rings. The van der Waals surface area contributed by atoms with Crippen LogP contribution in [0.4, 0.5) is 0 Å². The lowest BCUT2D eigenvalue weighted by Crippen LogP contribution is -2.32. The van der Waals surface area contributed by atoms with E-state index in [-0.39, 0.29) is 0 Å². The molecule has 2 nitrogen and oxygen atoms in total. The number of nitrogens with one attached hydrogen (secondary N) is 1. The van der Waals surface area contributed by atoms with Gasteiger partial charge in [0, 0.05) is 23.1 Å². The van der Waals surface area contributed by atoms with E-state index in [9.17, 15) is 0 Å². The van der Waals surface area contributed by atoms with Gasteiger partial charge >= 0.3 is 0 Å². The lowest BCUT2D eigenvalue weighted by Gasteiger charge is -2.25. The highest BCUT2D eigenvalue weighted by Gasteiger charge is 2.21. The van der Waals surface area contributed by atoms with Crippen LogP contribution >= 0.6 is 15.9 Å². The molecule has 2 rings (SSSR count). The predicted molar refractivity (Wildman–Crippen MR) is 90.1 cm³/mol. The van der Waals surface area contributed by atoms with Crippen molar-refractivity contribution in [1.29, 1.82) is 0 Å². The van der Waals surface area contributed by atoms with Crippen molar-refractivity contribution in [3.8, 4) is 0 Å². The third kappa shape index (κ3) is 4.57. The van der Waals surface area contributed by atoms with Crippen molar-refractivity contribution in [3.05, 3.63) is 34.3 Å². The Bertz CT molecular complexity index is 390. The van der Waals surface area contributed by atoms with Crippen molar-refractivity contribution < 1.29 is 0 Å². The summed E-state index contributed by atoms with van der Waals surface area (Å²) in [6.07, 6.45) is 5.12. The van der Waals surface area contributed by atoms with E-state index in [0.717, 1.165) is 17.1 Å². The fraction of sp³-hybridized carbons (Fsp3) is 0.647. The van der Waals surface area contributed by atoms with Crippen LogP contribution in [0.25, 0.3) is 0 Å². The number of likely N-dealkylation sites (tertiary alicyclic amines) is 1. The van der Waals surface area contributed by atoms with Gasteiger partial charge in [-0.25, -0.2) is 0 Å². The number of benzene rings is 1. The molecule has 1 N–H and O–H groups in total. The van der Waals surface area contributed by atoms with E-state index in [0.29, 0.717) is 6.04 Å². The summed E-state index contributed by atoms with van der Waals surface area (Å²) in [4.78, 5) is 2.64. The van der Waals surface area contributed by atoms with Crippen molar-refractivity contribution in [1.82, 2.24) is 10.2 Å². The lowest BCUT2D eigenvalue weighted by atomic mass is 10.0. The average Bonchev–Trinajstić information content (AvgIpc) is 2.86. The standard InChI is InChI=1S/C17H27BrN2/c1-3-11-19-17(15-6-8-16(18)9-7-15)10-13-20-12-4-5-14(20)2/h6-9,14,17,19H,3-5,10-13H2,1-2H3. The van der Waals surface area contributed by atoms with E-state index in [1.807, 2.05) is 0 Å². The van der Waals surface area contributed by atoms with Crippen molar-refractivity contribution >= 4 is 15.9 Å². The van der Waals surface area contributed by atoms with E-state index in [2.05, 4.69) is 64.3 Å². The van der Waals surface area contributed by atoms with Gasteiger partial charge in [-0.15, -0.1) is 0 Å². The molecule has 0 amide bonds. The molecule has 0 bridgehead atoms. The van der Waals surface area contributed by atoms with Crippen molar-refractivity contribution in [3.63, 3.8) is 0 Å². The molecule has 0 radical (unpaired) electrons. The monoisotopic (exact) mass is 338 g/mol. The van der Waals surface area contributed by atoms with Gasteiger partial charge in [-0.1, -0.05) is 35.0 Å². The zero-order valence-electron chi connectivity index (χ0n) is 12.7. The van der Waals surface area contributed by atoms with Gasteiger partial charge in [0.05, 0.1) is 0 Å². The first-order valence-corrected chi connectivity index (χ1v) is 8.73. The Kier molecular flexibility index (Phi) is 6.53. The van der Waals surface area contributed by atoms with E-state index in [1.165, 1.54) is 44.3 Å². The van der Waals surface area contributed by atoms with Gasteiger partial charge in [0.25, 0.3) is 0 Å². The zero-order valence-corrected chi connectivity index (χ0v) is 14.3. The van der Waals surface area contributed by atoms with Gasteiger partial charge in [0.15, 0.2) is 0 Å². The van der Waals surface area contributed by atoms with Crippen LogP contribution in [0, 0.1) is 0 Å². The molecule has 0 spiro atoms. The van der Waals surface area contributed by atoms with Gasteiger partial charge in [0.2, 0.25) is 0 Å². The first-order valence-electron chi connectivity index (χ1n) is 7.93. The zero-order chi connectivity index (χ0) is 14.4. The maximum atomic E-state index is 3.70. The molecule has 1 aromatic rings. The molecule has 1 aliphatic heterocycles. The van der Waals surface area contributed by atoms with E-state index >= 15 is 0 Å². The van der Waals surface area contributed by atoms with E-state index < -0.39 is 0 Å². The predicted octanol–water partition coefficient (Wildman–Crippen LogP) is 4.36. The summed E-state index contributed by atoms with van der Waals surface area (Å²) in [5.41, 5.74) is 1.41. The lowest BCUT2D eigenvalue weighted by molar-refractivity contribution is 0.251. The van der Waals surface area contributed by atoms with Crippen LogP contribution in [0.15, 0.2) is 28.7 Å². The molecule has 1 heterocycles. The Morgan fingerprint density at radius 2 is 2.10 bits per heavy atom. The van der Waals surface area contributed by atoms with E-state index in [1.54, 1.807) is 0 Å². The summed E-state index contributed by atoms with van der Waals surface area (Å²) in [6, 6.07) is 10.0. The fourth-order valence-corrected chi connectivity index (χ4v) is 3.28. The number of hydrogen-bond donors (Lipinski definition) is 1.